The minimum absolute atomic E-state index is 0.249. The fraction of sp³-hybridized carbons (Fsp3) is 0.444. The number of amides is 1. The lowest BCUT2D eigenvalue weighted by Gasteiger charge is -2.19. The molecular weight excluding hydrogens is 196 g/mol. The molecule has 0 aliphatic carbocycles. The highest BCUT2D eigenvalue weighted by Gasteiger charge is 2.38. The second-order valence-corrected chi connectivity index (χ2v) is 3.52. The molecule has 0 saturated carbocycles. The average Bonchev–Trinajstić information content (AvgIpc) is 2.68. The minimum Gasteiger partial charge on any atom is -0.379 e. The van der Waals surface area contributed by atoms with Gasteiger partial charge in [0.1, 0.15) is 5.54 Å². The molecule has 1 aromatic heterocycles. The molecule has 1 amide bonds. The van der Waals surface area contributed by atoms with Crippen LogP contribution in [0, 0.1) is 0 Å². The van der Waals surface area contributed by atoms with Crippen molar-refractivity contribution in [2.45, 2.75) is 12.0 Å². The minimum atomic E-state index is -0.933. The number of rotatable bonds is 2. The quantitative estimate of drug-likeness (QED) is 0.686. The van der Waals surface area contributed by atoms with Gasteiger partial charge in [0.15, 0.2) is 5.82 Å². The van der Waals surface area contributed by atoms with E-state index in [-0.39, 0.29) is 12.5 Å². The van der Waals surface area contributed by atoms with Gasteiger partial charge in [0.2, 0.25) is 5.91 Å². The largest absolute Gasteiger partial charge is 0.379 e. The first-order chi connectivity index (χ1) is 7.21. The van der Waals surface area contributed by atoms with E-state index in [0.717, 1.165) is 0 Å². The maximum absolute atomic E-state index is 11.8. The van der Waals surface area contributed by atoms with Gasteiger partial charge in [-0.1, -0.05) is 0 Å². The average molecular weight is 208 g/mol. The summed E-state index contributed by atoms with van der Waals surface area (Å²) < 4.78 is 5.10. The molecule has 6 heteroatoms. The Kier molecular flexibility index (Phi) is 2.61. The summed E-state index contributed by atoms with van der Waals surface area (Å²) in [5.41, 5.74) is 4.93. The molecule has 0 radical (unpaired) electrons. The predicted molar refractivity (Wildman–Crippen MR) is 53.0 cm³/mol. The number of hydrogen-bond donors (Lipinski definition) is 2. The highest BCUT2D eigenvalue weighted by molar-refractivity contribution is 5.97. The highest BCUT2D eigenvalue weighted by Crippen LogP contribution is 2.17. The van der Waals surface area contributed by atoms with E-state index in [1.165, 1.54) is 6.20 Å². The molecule has 1 aromatic rings. The van der Waals surface area contributed by atoms with Crippen LogP contribution in [0.5, 0.6) is 0 Å². The maximum atomic E-state index is 11.8. The maximum Gasteiger partial charge on any atom is 0.248 e. The molecule has 6 nitrogen and oxygen atoms in total. The molecule has 0 spiro atoms. The first kappa shape index (κ1) is 10.0. The summed E-state index contributed by atoms with van der Waals surface area (Å²) in [6.45, 7) is 0.767. The van der Waals surface area contributed by atoms with Crippen LogP contribution in [0.2, 0.25) is 0 Å². The summed E-state index contributed by atoms with van der Waals surface area (Å²) in [4.78, 5) is 11.8. The van der Waals surface area contributed by atoms with Crippen LogP contribution in [0.15, 0.2) is 18.3 Å². The van der Waals surface area contributed by atoms with Crippen LogP contribution < -0.4 is 11.1 Å². The van der Waals surface area contributed by atoms with Crippen molar-refractivity contribution in [3.05, 3.63) is 18.3 Å². The van der Waals surface area contributed by atoms with E-state index < -0.39 is 5.54 Å². The van der Waals surface area contributed by atoms with Gasteiger partial charge in [-0.2, -0.15) is 5.10 Å². The lowest BCUT2D eigenvalue weighted by atomic mass is 9.99. The van der Waals surface area contributed by atoms with Crippen molar-refractivity contribution in [3.63, 3.8) is 0 Å². The van der Waals surface area contributed by atoms with E-state index in [2.05, 4.69) is 15.5 Å². The zero-order valence-electron chi connectivity index (χ0n) is 8.14. The van der Waals surface area contributed by atoms with Crippen LogP contribution in [-0.4, -0.2) is 34.9 Å². The molecule has 1 saturated heterocycles. The second kappa shape index (κ2) is 3.92. The smallest absolute Gasteiger partial charge is 0.248 e. The van der Waals surface area contributed by atoms with Gasteiger partial charge in [-0.15, -0.1) is 5.10 Å². The summed E-state index contributed by atoms with van der Waals surface area (Å²) in [5, 5.41) is 10.00. The lowest BCUT2D eigenvalue weighted by molar-refractivity contribution is -0.121. The molecule has 80 valence electrons. The van der Waals surface area contributed by atoms with Crippen molar-refractivity contribution >= 4 is 11.7 Å². The Morgan fingerprint density at radius 3 is 3.13 bits per heavy atom. The van der Waals surface area contributed by atoms with Gasteiger partial charge in [0.25, 0.3) is 0 Å². The number of aromatic nitrogens is 2. The molecule has 2 rings (SSSR count). The molecule has 1 aliphatic heterocycles. The number of hydrogen-bond acceptors (Lipinski definition) is 5. The van der Waals surface area contributed by atoms with E-state index in [4.69, 9.17) is 10.5 Å². The Labute approximate surface area is 86.8 Å². The van der Waals surface area contributed by atoms with E-state index >= 15 is 0 Å². The molecule has 15 heavy (non-hydrogen) atoms. The second-order valence-electron chi connectivity index (χ2n) is 3.52. The zero-order valence-corrected chi connectivity index (χ0v) is 8.14. The number of carbonyl (C=O) groups excluding carboxylic acids is 1. The molecule has 3 N–H and O–H groups in total. The number of nitrogens with one attached hydrogen (secondary N) is 1. The molecular formula is C9H12N4O2. The number of nitrogens with two attached hydrogens (primary N) is 1. The van der Waals surface area contributed by atoms with Gasteiger partial charge < -0.3 is 15.8 Å². The predicted octanol–water partition coefficient (Wildman–Crippen LogP) is -0.467. The van der Waals surface area contributed by atoms with Crippen LogP contribution >= 0.6 is 0 Å². The first-order valence-corrected chi connectivity index (χ1v) is 4.66. The standard InChI is InChI=1S/C9H12N4O2/c10-9(3-5-15-6-9)8(14)12-7-2-1-4-11-13-7/h1-2,4H,3,5-6,10H2,(H,12,13,14). The third kappa shape index (κ3) is 2.11. The van der Waals surface area contributed by atoms with E-state index in [1.54, 1.807) is 12.1 Å². The third-order valence-electron chi connectivity index (χ3n) is 2.32. The van der Waals surface area contributed by atoms with Crippen LogP contribution in [0.3, 0.4) is 0 Å². The van der Waals surface area contributed by atoms with Crippen LogP contribution in [0.25, 0.3) is 0 Å². The van der Waals surface area contributed by atoms with E-state index in [1.807, 2.05) is 0 Å². The topological polar surface area (TPSA) is 90.1 Å². The number of anilines is 1. The van der Waals surface area contributed by atoms with Crippen molar-refractivity contribution in [2.75, 3.05) is 18.5 Å². The normalized spacial score (nSPS) is 25.1. The molecule has 2 heterocycles. The Hall–Kier alpha value is -1.53. The van der Waals surface area contributed by atoms with Crippen LogP contribution in [0.1, 0.15) is 6.42 Å². The summed E-state index contributed by atoms with van der Waals surface area (Å²) in [7, 11) is 0. The Morgan fingerprint density at radius 1 is 1.67 bits per heavy atom. The number of carbonyl (C=O) groups is 1. The highest BCUT2D eigenvalue weighted by atomic mass is 16.5. The third-order valence-corrected chi connectivity index (χ3v) is 2.32. The first-order valence-electron chi connectivity index (χ1n) is 4.66. The van der Waals surface area contributed by atoms with Crippen LogP contribution in [-0.2, 0) is 9.53 Å². The van der Waals surface area contributed by atoms with Crippen molar-refractivity contribution in [2.24, 2.45) is 5.73 Å². The fourth-order valence-corrected chi connectivity index (χ4v) is 1.37. The van der Waals surface area contributed by atoms with Crippen molar-refractivity contribution in [1.29, 1.82) is 0 Å². The molecule has 1 unspecified atom stereocenters. The number of nitrogens with zero attached hydrogens (tertiary/aromatic N) is 2. The SMILES string of the molecule is NC1(C(=O)Nc2cccnn2)CCOC1. The summed E-state index contributed by atoms with van der Waals surface area (Å²) in [6.07, 6.45) is 2.06. The van der Waals surface area contributed by atoms with Gasteiger partial charge in [-0.25, -0.2) is 0 Å². The zero-order chi connectivity index (χ0) is 10.7. The summed E-state index contributed by atoms with van der Waals surface area (Å²) in [5.74, 6) is 0.125. The summed E-state index contributed by atoms with van der Waals surface area (Å²) >= 11 is 0. The Morgan fingerprint density at radius 2 is 2.53 bits per heavy atom. The molecule has 1 fully saturated rings. The van der Waals surface area contributed by atoms with Crippen molar-refractivity contribution < 1.29 is 9.53 Å². The van der Waals surface area contributed by atoms with Crippen LogP contribution in [0.4, 0.5) is 5.82 Å². The van der Waals surface area contributed by atoms with Gasteiger partial charge in [-0.3, -0.25) is 4.79 Å². The van der Waals surface area contributed by atoms with Crippen molar-refractivity contribution in [3.8, 4) is 0 Å². The van der Waals surface area contributed by atoms with Gasteiger partial charge in [0, 0.05) is 12.8 Å². The summed E-state index contributed by atoms with van der Waals surface area (Å²) in [6, 6.07) is 3.35. The molecule has 1 aliphatic rings. The molecule has 0 aromatic carbocycles. The molecule has 1 atom stereocenters. The van der Waals surface area contributed by atoms with E-state index in [9.17, 15) is 4.79 Å². The fourth-order valence-electron chi connectivity index (χ4n) is 1.37. The van der Waals surface area contributed by atoms with E-state index in [0.29, 0.717) is 18.8 Å². The number of ether oxygens (including phenoxy) is 1. The van der Waals surface area contributed by atoms with Gasteiger partial charge >= 0.3 is 0 Å². The lowest BCUT2D eigenvalue weighted by Crippen LogP contribution is -2.51. The Bertz CT molecular complexity index is 348. The molecule has 0 bridgehead atoms. The van der Waals surface area contributed by atoms with Gasteiger partial charge in [-0.05, 0) is 18.6 Å². The monoisotopic (exact) mass is 208 g/mol. The van der Waals surface area contributed by atoms with Gasteiger partial charge in [0.05, 0.1) is 6.61 Å². The van der Waals surface area contributed by atoms with Crippen molar-refractivity contribution in [1.82, 2.24) is 10.2 Å². The Balaban J connectivity index is 2.04.